The maximum Gasteiger partial charge on any atom is 0.324 e. The van der Waals surface area contributed by atoms with Crippen LogP contribution in [0.2, 0.25) is 0 Å². The summed E-state index contributed by atoms with van der Waals surface area (Å²) in [7, 11) is 0. The lowest BCUT2D eigenvalue weighted by molar-refractivity contribution is 0.199. The van der Waals surface area contributed by atoms with Gasteiger partial charge in [-0.3, -0.25) is 5.32 Å². The van der Waals surface area contributed by atoms with E-state index >= 15 is 0 Å². The molecule has 0 saturated carbocycles. The topological polar surface area (TPSA) is 74.2 Å². The van der Waals surface area contributed by atoms with E-state index in [1.54, 1.807) is 43.5 Å². The van der Waals surface area contributed by atoms with Crippen LogP contribution in [0.4, 0.5) is 16.3 Å². The van der Waals surface area contributed by atoms with Crippen LogP contribution in [0.15, 0.2) is 41.0 Å². The van der Waals surface area contributed by atoms with Gasteiger partial charge < -0.3 is 10.4 Å². The summed E-state index contributed by atoms with van der Waals surface area (Å²) in [6.45, 7) is 3.61. The van der Waals surface area contributed by atoms with E-state index in [0.29, 0.717) is 11.5 Å². The molecule has 5 nitrogen and oxygen atoms in total. The Bertz CT molecular complexity index is 642. The number of aliphatic hydroxyl groups excluding tert-OH is 1. The van der Waals surface area contributed by atoms with E-state index in [4.69, 9.17) is 0 Å². The number of nitrogens with one attached hydrogen (secondary N) is 2. The molecule has 1 heterocycles. The fourth-order valence-electron chi connectivity index (χ4n) is 1.73. The highest BCUT2D eigenvalue weighted by Crippen LogP contribution is 2.18. The van der Waals surface area contributed by atoms with Gasteiger partial charge in [-0.15, -0.1) is 0 Å². The Hall–Kier alpha value is -1.92. The maximum atomic E-state index is 11.9. The van der Waals surface area contributed by atoms with Crippen molar-refractivity contribution >= 4 is 33.5 Å². The summed E-state index contributed by atoms with van der Waals surface area (Å²) >= 11 is 3.36. The average Bonchev–Trinajstić information content (AvgIpc) is 2.43. The number of benzene rings is 1. The molecule has 2 amide bonds. The summed E-state index contributed by atoms with van der Waals surface area (Å²) < 4.78 is 0.891. The van der Waals surface area contributed by atoms with E-state index in [0.717, 1.165) is 15.6 Å². The molecule has 0 aliphatic rings. The van der Waals surface area contributed by atoms with Crippen molar-refractivity contribution in [1.29, 1.82) is 0 Å². The molecule has 6 heteroatoms. The number of carbonyl (C=O) groups is 1. The smallest absolute Gasteiger partial charge is 0.324 e. The summed E-state index contributed by atoms with van der Waals surface area (Å²) in [5.74, 6) is 0.480. The lowest BCUT2D eigenvalue weighted by Gasteiger charge is -2.09. The number of amides is 2. The number of hydrogen-bond acceptors (Lipinski definition) is 3. The normalized spacial score (nSPS) is 11.8. The Balaban J connectivity index is 1.99. The highest BCUT2D eigenvalue weighted by molar-refractivity contribution is 9.10. The van der Waals surface area contributed by atoms with Crippen LogP contribution < -0.4 is 10.6 Å². The SMILES string of the molecule is Cc1cc(NC(=O)Nc2ccc(C(C)O)cc2)ncc1Br. The van der Waals surface area contributed by atoms with Gasteiger partial charge >= 0.3 is 6.03 Å². The zero-order chi connectivity index (χ0) is 15.4. The molecule has 0 aliphatic heterocycles. The standard InChI is InChI=1S/C15H16BrN3O2/c1-9-7-14(17-8-13(9)16)19-15(21)18-12-5-3-11(4-6-12)10(2)20/h3-8,10,20H,1-2H3,(H2,17,18,19,21). The molecular formula is C15H16BrN3O2. The van der Waals surface area contributed by atoms with Crippen LogP contribution in [-0.4, -0.2) is 16.1 Å². The van der Waals surface area contributed by atoms with Crippen LogP contribution in [0, 0.1) is 6.92 Å². The zero-order valence-electron chi connectivity index (χ0n) is 11.7. The predicted molar refractivity (Wildman–Crippen MR) is 86.4 cm³/mol. The number of urea groups is 1. The number of hydrogen-bond donors (Lipinski definition) is 3. The van der Waals surface area contributed by atoms with Crippen LogP contribution >= 0.6 is 15.9 Å². The van der Waals surface area contributed by atoms with Crippen LogP contribution in [0.5, 0.6) is 0 Å². The van der Waals surface area contributed by atoms with Gasteiger partial charge in [0.1, 0.15) is 5.82 Å². The first-order valence-electron chi connectivity index (χ1n) is 6.44. The van der Waals surface area contributed by atoms with Gasteiger partial charge in [0.05, 0.1) is 6.10 Å². The Kier molecular flexibility index (Phi) is 4.93. The number of pyridine rings is 1. The van der Waals surface area contributed by atoms with Crippen molar-refractivity contribution in [3.63, 3.8) is 0 Å². The minimum atomic E-state index is -0.525. The molecule has 0 bridgehead atoms. The molecule has 110 valence electrons. The second-order valence-electron chi connectivity index (χ2n) is 4.70. The zero-order valence-corrected chi connectivity index (χ0v) is 13.3. The first-order valence-corrected chi connectivity index (χ1v) is 7.23. The predicted octanol–water partition coefficient (Wildman–Crippen LogP) is 3.85. The van der Waals surface area contributed by atoms with Crippen molar-refractivity contribution in [2.45, 2.75) is 20.0 Å². The molecule has 0 spiro atoms. The van der Waals surface area contributed by atoms with Gasteiger partial charge in [-0.05, 0) is 59.1 Å². The molecule has 3 N–H and O–H groups in total. The summed E-state index contributed by atoms with van der Waals surface area (Å²) in [5, 5.41) is 14.8. The minimum Gasteiger partial charge on any atom is -0.389 e. The average molecular weight is 350 g/mol. The van der Waals surface area contributed by atoms with Crippen molar-refractivity contribution in [2.75, 3.05) is 10.6 Å². The minimum absolute atomic E-state index is 0.367. The van der Waals surface area contributed by atoms with E-state index in [1.165, 1.54) is 0 Å². The number of carbonyl (C=O) groups excluding carboxylic acids is 1. The molecule has 0 saturated heterocycles. The van der Waals surface area contributed by atoms with Gasteiger partial charge in [0.2, 0.25) is 0 Å². The van der Waals surface area contributed by atoms with Crippen molar-refractivity contribution in [1.82, 2.24) is 4.98 Å². The fraction of sp³-hybridized carbons (Fsp3) is 0.200. The van der Waals surface area contributed by atoms with E-state index in [1.807, 2.05) is 6.92 Å². The quantitative estimate of drug-likeness (QED) is 0.787. The van der Waals surface area contributed by atoms with Gasteiger partial charge in [-0.1, -0.05) is 12.1 Å². The Morgan fingerprint density at radius 2 is 1.95 bits per heavy atom. The monoisotopic (exact) mass is 349 g/mol. The molecule has 1 atom stereocenters. The Labute approximate surface area is 131 Å². The Morgan fingerprint density at radius 3 is 2.52 bits per heavy atom. The van der Waals surface area contributed by atoms with Gasteiger partial charge in [0.15, 0.2) is 0 Å². The van der Waals surface area contributed by atoms with Crippen molar-refractivity contribution in [2.24, 2.45) is 0 Å². The van der Waals surface area contributed by atoms with Crippen molar-refractivity contribution in [3.8, 4) is 0 Å². The van der Waals surface area contributed by atoms with Crippen LogP contribution in [0.1, 0.15) is 24.2 Å². The number of nitrogens with zero attached hydrogens (tertiary/aromatic N) is 1. The van der Waals surface area contributed by atoms with Gasteiger partial charge in [-0.2, -0.15) is 0 Å². The maximum absolute atomic E-state index is 11.9. The molecular weight excluding hydrogens is 334 g/mol. The molecule has 1 unspecified atom stereocenters. The number of aryl methyl sites for hydroxylation is 1. The molecule has 1 aromatic carbocycles. The van der Waals surface area contributed by atoms with Crippen LogP contribution in [-0.2, 0) is 0 Å². The number of aromatic nitrogens is 1. The summed E-state index contributed by atoms with van der Waals surface area (Å²) in [6.07, 6.45) is 1.12. The van der Waals surface area contributed by atoms with Gasteiger partial charge in [-0.25, -0.2) is 9.78 Å². The van der Waals surface area contributed by atoms with E-state index in [2.05, 4.69) is 31.5 Å². The highest BCUT2D eigenvalue weighted by atomic mass is 79.9. The second kappa shape index (κ2) is 6.69. The van der Waals surface area contributed by atoms with E-state index < -0.39 is 6.10 Å². The Morgan fingerprint density at radius 1 is 1.29 bits per heavy atom. The number of anilines is 2. The largest absolute Gasteiger partial charge is 0.389 e. The number of aliphatic hydroxyl groups is 1. The number of rotatable bonds is 3. The highest BCUT2D eigenvalue weighted by Gasteiger charge is 2.06. The molecule has 0 fully saturated rings. The third-order valence-corrected chi connectivity index (χ3v) is 3.77. The summed E-state index contributed by atoms with van der Waals surface area (Å²) in [5.41, 5.74) is 2.43. The van der Waals surface area contributed by atoms with Gasteiger partial charge in [0, 0.05) is 16.4 Å². The molecule has 1 aromatic heterocycles. The first kappa shape index (κ1) is 15.5. The first-order chi connectivity index (χ1) is 9.95. The summed E-state index contributed by atoms with van der Waals surface area (Å²) in [6, 6.07) is 8.42. The van der Waals surface area contributed by atoms with Crippen LogP contribution in [0.25, 0.3) is 0 Å². The summed E-state index contributed by atoms with van der Waals surface area (Å²) in [4.78, 5) is 16.0. The third-order valence-electron chi connectivity index (χ3n) is 2.94. The third kappa shape index (κ3) is 4.27. The lowest BCUT2D eigenvalue weighted by atomic mass is 10.1. The van der Waals surface area contributed by atoms with E-state index in [-0.39, 0.29) is 6.03 Å². The van der Waals surface area contributed by atoms with Gasteiger partial charge in [0.25, 0.3) is 0 Å². The molecule has 0 radical (unpaired) electrons. The molecule has 2 rings (SSSR count). The number of halogens is 1. The van der Waals surface area contributed by atoms with Crippen LogP contribution in [0.3, 0.4) is 0 Å². The van der Waals surface area contributed by atoms with E-state index in [9.17, 15) is 9.90 Å². The fourth-order valence-corrected chi connectivity index (χ4v) is 1.95. The van der Waals surface area contributed by atoms with Crippen molar-refractivity contribution < 1.29 is 9.90 Å². The molecule has 21 heavy (non-hydrogen) atoms. The van der Waals surface area contributed by atoms with Crippen molar-refractivity contribution in [3.05, 3.63) is 52.1 Å². The molecule has 2 aromatic rings. The lowest BCUT2D eigenvalue weighted by Crippen LogP contribution is -2.20. The second-order valence-corrected chi connectivity index (χ2v) is 5.55. The molecule has 0 aliphatic carbocycles.